The van der Waals surface area contributed by atoms with Crippen LogP contribution in [0.1, 0.15) is 32.6 Å². The van der Waals surface area contributed by atoms with Crippen LogP contribution in [0.2, 0.25) is 4.34 Å². The van der Waals surface area contributed by atoms with Gasteiger partial charge in [-0.05, 0) is 74.2 Å². The second kappa shape index (κ2) is 13.9. The Morgan fingerprint density at radius 2 is 1.60 bits per heavy atom. The maximum absolute atomic E-state index is 13.3. The van der Waals surface area contributed by atoms with Gasteiger partial charge in [-0.1, -0.05) is 11.6 Å². The summed E-state index contributed by atoms with van der Waals surface area (Å²) < 4.78 is 57.8. The third-order valence-electron chi connectivity index (χ3n) is 7.51. The maximum Gasteiger partial charge on any atom is 0.250 e. The van der Waals surface area contributed by atoms with Gasteiger partial charge < -0.3 is 15.1 Å². The molecule has 4 heterocycles. The Labute approximate surface area is 274 Å². The number of carbonyl (C=O) groups is 3. The van der Waals surface area contributed by atoms with Crippen LogP contribution in [0.3, 0.4) is 0 Å². The molecule has 0 spiro atoms. The van der Waals surface area contributed by atoms with Crippen molar-refractivity contribution in [1.82, 2.24) is 19.2 Å². The molecule has 2 fully saturated rings. The van der Waals surface area contributed by atoms with Gasteiger partial charge in [-0.15, -0.1) is 22.7 Å². The first-order valence-electron chi connectivity index (χ1n) is 14.2. The van der Waals surface area contributed by atoms with E-state index in [1.807, 2.05) is 6.07 Å². The summed E-state index contributed by atoms with van der Waals surface area (Å²) in [6.45, 7) is 1.86. The van der Waals surface area contributed by atoms with Gasteiger partial charge in [0.2, 0.25) is 27.7 Å². The molecular weight excluding hydrogens is 682 g/mol. The van der Waals surface area contributed by atoms with Gasteiger partial charge in [0.25, 0.3) is 10.0 Å². The van der Waals surface area contributed by atoms with E-state index in [0.717, 1.165) is 21.1 Å². The number of carbonyl (C=O) groups excluding carboxylic acids is 3. The first-order valence-corrected chi connectivity index (χ1v) is 19.1. The monoisotopic (exact) mass is 713 g/mol. The van der Waals surface area contributed by atoms with Gasteiger partial charge in [-0.25, -0.2) is 21.6 Å². The number of nitrogens with one attached hydrogen (secondary N) is 3. The van der Waals surface area contributed by atoms with Gasteiger partial charge >= 0.3 is 0 Å². The predicted octanol–water partition coefficient (Wildman–Crippen LogP) is 3.33. The van der Waals surface area contributed by atoms with Gasteiger partial charge in [0, 0.05) is 48.0 Å². The lowest BCUT2D eigenvalue weighted by molar-refractivity contribution is -0.143. The van der Waals surface area contributed by atoms with Crippen molar-refractivity contribution in [2.24, 2.45) is 0 Å². The van der Waals surface area contributed by atoms with Crippen LogP contribution in [0.15, 0.2) is 57.6 Å². The van der Waals surface area contributed by atoms with E-state index in [1.165, 1.54) is 53.5 Å². The molecular formula is C28H32ClN5O7S4. The van der Waals surface area contributed by atoms with E-state index < -0.39 is 38.0 Å². The Morgan fingerprint density at radius 1 is 0.911 bits per heavy atom. The molecule has 0 aliphatic carbocycles. The Bertz CT molecular complexity index is 1790. The molecule has 0 saturated carbocycles. The second-order valence-corrected chi connectivity index (χ2v) is 17.2. The lowest BCUT2D eigenvalue weighted by Gasteiger charge is -2.34. The average molecular weight is 714 g/mol. The van der Waals surface area contributed by atoms with E-state index in [-0.39, 0.29) is 34.0 Å². The van der Waals surface area contributed by atoms with E-state index >= 15 is 0 Å². The number of sulfonamides is 2. The molecule has 2 aliphatic heterocycles. The summed E-state index contributed by atoms with van der Waals surface area (Å²) in [4.78, 5) is 42.4. The molecule has 3 N–H and O–H groups in total. The lowest BCUT2D eigenvalue weighted by Crippen LogP contribution is -2.55. The smallest absolute Gasteiger partial charge is 0.250 e. The molecule has 5 rings (SSSR count). The Morgan fingerprint density at radius 3 is 2.29 bits per heavy atom. The molecule has 2 aromatic heterocycles. The lowest BCUT2D eigenvalue weighted by atomic mass is 10.1. The molecule has 0 radical (unpaired) electrons. The first-order chi connectivity index (χ1) is 21.3. The fraction of sp³-hybridized carbons (Fsp3) is 0.393. The maximum atomic E-state index is 13.3. The van der Waals surface area contributed by atoms with Crippen molar-refractivity contribution >= 4 is 77.7 Å². The van der Waals surface area contributed by atoms with E-state index in [1.54, 1.807) is 17.0 Å². The summed E-state index contributed by atoms with van der Waals surface area (Å²) in [6, 6.07) is 11.1. The minimum Gasteiger partial charge on any atom is -0.337 e. The zero-order valence-corrected chi connectivity index (χ0v) is 28.2. The molecule has 2 aliphatic rings. The standard InChI is InChI=1S/C28H32ClN5O7S4/c1-18(35)31-19-6-8-21(9-7-19)44(38,39)30-16-20-4-2-15-34(20)26(36)17-33-14-3-5-22(28(33)37)32-45(40,41)27-13-11-24(43-27)23-10-12-25(29)42-23/h6-13,20,22,30,32H,2-5,14-17H2,1H3,(H,31,35). The van der Waals surface area contributed by atoms with Gasteiger partial charge in [0.1, 0.15) is 10.3 Å². The number of likely N-dealkylation sites (tertiary alicyclic amines) is 2. The molecule has 45 heavy (non-hydrogen) atoms. The van der Waals surface area contributed by atoms with Gasteiger partial charge in [-0.2, -0.15) is 4.72 Å². The summed E-state index contributed by atoms with van der Waals surface area (Å²) in [6.07, 6.45) is 2.09. The van der Waals surface area contributed by atoms with E-state index in [2.05, 4.69) is 14.8 Å². The molecule has 12 nitrogen and oxygen atoms in total. The SMILES string of the molecule is CC(=O)Nc1ccc(S(=O)(=O)NCC2CCCN2C(=O)CN2CCCC(NS(=O)(=O)c3ccc(-c4ccc(Cl)s4)s3)C2=O)cc1. The van der Waals surface area contributed by atoms with Crippen molar-refractivity contribution in [2.45, 2.75) is 53.8 Å². The highest BCUT2D eigenvalue weighted by atomic mass is 35.5. The van der Waals surface area contributed by atoms with Crippen molar-refractivity contribution in [1.29, 1.82) is 0 Å². The number of nitrogens with zero attached hydrogens (tertiary/aromatic N) is 2. The summed E-state index contributed by atoms with van der Waals surface area (Å²) in [5.74, 6) is -1.07. The largest absolute Gasteiger partial charge is 0.337 e. The molecule has 242 valence electrons. The normalized spacial score (nSPS) is 19.2. The third-order valence-corrected chi connectivity index (χ3v) is 13.4. The van der Waals surface area contributed by atoms with Crippen molar-refractivity contribution in [2.75, 3.05) is 31.5 Å². The second-order valence-electron chi connectivity index (χ2n) is 10.7. The molecule has 2 saturated heterocycles. The topological polar surface area (TPSA) is 162 Å². The van der Waals surface area contributed by atoms with Crippen LogP contribution < -0.4 is 14.8 Å². The zero-order valence-electron chi connectivity index (χ0n) is 24.2. The van der Waals surface area contributed by atoms with E-state index in [0.29, 0.717) is 48.8 Å². The molecule has 0 bridgehead atoms. The summed E-state index contributed by atoms with van der Waals surface area (Å²) in [7, 11) is -7.86. The average Bonchev–Trinajstić information content (AvgIpc) is 3.75. The number of amides is 3. The molecule has 3 aromatic rings. The fourth-order valence-corrected chi connectivity index (χ4v) is 10.1. The number of hydrogen-bond donors (Lipinski definition) is 3. The Kier molecular flexibility index (Phi) is 10.3. The molecule has 2 unspecified atom stereocenters. The summed E-state index contributed by atoms with van der Waals surface area (Å²) in [5, 5.41) is 2.58. The van der Waals surface area contributed by atoms with E-state index in [9.17, 15) is 31.2 Å². The quantitative estimate of drug-likeness (QED) is 0.275. The van der Waals surface area contributed by atoms with Crippen LogP contribution in [0, 0.1) is 0 Å². The highest BCUT2D eigenvalue weighted by molar-refractivity contribution is 7.91. The molecule has 3 amide bonds. The first kappa shape index (κ1) is 33.5. The Hall–Kier alpha value is -2.86. The fourth-order valence-electron chi connectivity index (χ4n) is 5.34. The van der Waals surface area contributed by atoms with Crippen molar-refractivity contribution in [3.8, 4) is 9.75 Å². The van der Waals surface area contributed by atoms with Gasteiger partial charge in [-0.3, -0.25) is 14.4 Å². The van der Waals surface area contributed by atoms with E-state index in [4.69, 9.17) is 11.6 Å². The van der Waals surface area contributed by atoms with Crippen molar-refractivity contribution < 1.29 is 31.2 Å². The minimum absolute atomic E-state index is 0.00162. The third kappa shape index (κ3) is 8.11. The number of hydrogen-bond acceptors (Lipinski definition) is 9. The predicted molar refractivity (Wildman–Crippen MR) is 173 cm³/mol. The van der Waals surface area contributed by atoms with Crippen LogP contribution >= 0.6 is 34.3 Å². The zero-order chi connectivity index (χ0) is 32.4. The van der Waals surface area contributed by atoms with Crippen LogP contribution in [-0.2, 0) is 34.4 Å². The molecule has 2 atom stereocenters. The highest BCUT2D eigenvalue weighted by Gasteiger charge is 2.36. The van der Waals surface area contributed by atoms with Crippen LogP contribution in [-0.4, -0.2) is 82.6 Å². The van der Waals surface area contributed by atoms with Crippen LogP contribution in [0.25, 0.3) is 9.75 Å². The summed E-state index contributed by atoms with van der Waals surface area (Å²) >= 11 is 8.43. The van der Waals surface area contributed by atoms with Crippen molar-refractivity contribution in [3.05, 3.63) is 52.9 Å². The number of benzene rings is 1. The van der Waals surface area contributed by atoms with Gasteiger partial charge in [0.05, 0.1) is 15.8 Å². The minimum atomic E-state index is -3.99. The number of thiophene rings is 2. The van der Waals surface area contributed by atoms with Gasteiger partial charge in [0.15, 0.2) is 0 Å². The highest BCUT2D eigenvalue weighted by Crippen LogP contribution is 2.37. The number of halogens is 1. The van der Waals surface area contributed by atoms with Crippen LogP contribution in [0.5, 0.6) is 0 Å². The number of rotatable bonds is 11. The number of piperidine rings is 1. The number of anilines is 1. The van der Waals surface area contributed by atoms with Crippen LogP contribution in [0.4, 0.5) is 5.69 Å². The van der Waals surface area contributed by atoms with Crippen molar-refractivity contribution in [3.63, 3.8) is 0 Å². The Balaban J connectivity index is 1.17. The molecule has 17 heteroatoms. The molecule has 1 aromatic carbocycles. The summed E-state index contributed by atoms with van der Waals surface area (Å²) in [5.41, 5.74) is 0.469.